The van der Waals surface area contributed by atoms with Gasteiger partial charge in [0.05, 0.1) is 7.11 Å². The molecule has 5 rings (SSSR count). The van der Waals surface area contributed by atoms with E-state index in [0.717, 1.165) is 82.0 Å². The van der Waals surface area contributed by atoms with Crippen molar-refractivity contribution < 1.29 is 14.3 Å². The van der Waals surface area contributed by atoms with Crippen LogP contribution in [0.2, 0.25) is 0 Å². The van der Waals surface area contributed by atoms with Crippen LogP contribution in [-0.2, 0) is 13.1 Å². The average molecular weight is 527 g/mol. The Morgan fingerprint density at radius 1 is 0.769 bits per heavy atom. The van der Waals surface area contributed by atoms with Gasteiger partial charge in [0.2, 0.25) is 0 Å². The summed E-state index contributed by atoms with van der Waals surface area (Å²) in [6, 6.07) is 25.0. The van der Waals surface area contributed by atoms with Crippen molar-refractivity contribution in [1.29, 1.82) is 0 Å². The Bertz CT molecular complexity index is 1190. The predicted octanol–water partition coefficient (Wildman–Crippen LogP) is 6.53. The molecule has 3 aromatic carbocycles. The maximum Gasteiger partial charge on any atom is 0.163 e. The second kappa shape index (κ2) is 13.3. The van der Waals surface area contributed by atoms with Gasteiger partial charge in [-0.15, -0.1) is 0 Å². The van der Waals surface area contributed by atoms with Crippen molar-refractivity contribution in [3.05, 3.63) is 95.1 Å². The molecule has 2 aliphatic rings. The summed E-state index contributed by atoms with van der Waals surface area (Å²) in [4.78, 5) is 18.1. The van der Waals surface area contributed by atoms with E-state index < -0.39 is 0 Å². The number of carbonyl (C=O) groups is 1. The number of carbonyl (C=O) groups excluding carboxylic acids is 1. The van der Waals surface area contributed by atoms with E-state index in [4.69, 9.17) is 9.47 Å². The number of Topliss-reactive ketones (excluding diaryl/α,β-unsaturated/α-hetero) is 1. The first kappa shape index (κ1) is 27.4. The van der Waals surface area contributed by atoms with Gasteiger partial charge in [0.1, 0.15) is 17.6 Å². The molecule has 0 aliphatic carbocycles. The van der Waals surface area contributed by atoms with Crippen LogP contribution in [0.3, 0.4) is 0 Å². The van der Waals surface area contributed by atoms with Crippen LogP contribution in [0.5, 0.6) is 11.5 Å². The Labute approximate surface area is 233 Å². The zero-order valence-electron chi connectivity index (χ0n) is 23.5. The Morgan fingerprint density at radius 2 is 1.36 bits per heavy atom. The fourth-order valence-electron chi connectivity index (χ4n) is 5.79. The lowest BCUT2D eigenvalue weighted by Gasteiger charge is -2.32. The van der Waals surface area contributed by atoms with Gasteiger partial charge >= 0.3 is 0 Å². The van der Waals surface area contributed by atoms with E-state index in [2.05, 4.69) is 53.1 Å². The zero-order chi connectivity index (χ0) is 27.0. The number of piperidine rings is 2. The summed E-state index contributed by atoms with van der Waals surface area (Å²) in [5.41, 5.74) is 4.76. The second-order valence-corrected chi connectivity index (χ2v) is 11.3. The highest BCUT2D eigenvalue weighted by Crippen LogP contribution is 2.26. The number of hydrogen-bond donors (Lipinski definition) is 0. The Hall–Kier alpha value is -3.15. The fourth-order valence-corrected chi connectivity index (χ4v) is 5.79. The fraction of sp³-hybridized carbons (Fsp3) is 0.441. The molecule has 0 unspecified atom stereocenters. The van der Waals surface area contributed by atoms with Crippen molar-refractivity contribution in [2.75, 3.05) is 33.3 Å². The monoisotopic (exact) mass is 526 g/mol. The largest absolute Gasteiger partial charge is 0.497 e. The summed E-state index contributed by atoms with van der Waals surface area (Å²) < 4.78 is 11.6. The molecule has 2 saturated heterocycles. The minimum atomic E-state index is 0.195. The van der Waals surface area contributed by atoms with Crippen LogP contribution in [0.15, 0.2) is 72.8 Å². The molecular formula is C34H42N2O3. The van der Waals surface area contributed by atoms with Crippen LogP contribution in [0.4, 0.5) is 0 Å². The van der Waals surface area contributed by atoms with Gasteiger partial charge in [0.15, 0.2) is 5.78 Å². The van der Waals surface area contributed by atoms with E-state index in [0.29, 0.717) is 12.3 Å². The highest BCUT2D eigenvalue weighted by Gasteiger charge is 2.24. The molecule has 206 valence electrons. The number of likely N-dealkylation sites (tertiary alicyclic amines) is 2. The number of ketones is 1. The Balaban J connectivity index is 1.05. The summed E-state index contributed by atoms with van der Waals surface area (Å²) in [7, 11) is 1.70. The number of nitrogens with zero attached hydrogens (tertiary/aromatic N) is 2. The second-order valence-electron chi connectivity index (χ2n) is 11.3. The molecule has 0 amide bonds. The molecule has 0 N–H and O–H groups in total. The van der Waals surface area contributed by atoms with Gasteiger partial charge in [-0.05, 0) is 87.0 Å². The van der Waals surface area contributed by atoms with Crippen LogP contribution in [0.25, 0.3) is 0 Å². The summed E-state index contributed by atoms with van der Waals surface area (Å²) in [5, 5.41) is 0. The average Bonchev–Trinajstić information content (AvgIpc) is 2.97. The van der Waals surface area contributed by atoms with E-state index in [1.807, 2.05) is 36.4 Å². The molecule has 0 bridgehead atoms. The molecule has 3 aromatic rings. The first-order valence-corrected chi connectivity index (χ1v) is 14.5. The number of methoxy groups -OCH3 is 1. The van der Waals surface area contributed by atoms with Gasteiger partial charge in [0.25, 0.3) is 0 Å². The van der Waals surface area contributed by atoms with Crippen molar-refractivity contribution in [2.45, 2.75) is 58.2 Å². The molecule has 5 heteroatoms. The molecule has 0 spiro atoms. The Morgan fingerprint density at radius 3 is 1.97 bits per heavy atom. The highest BCUT2D eigenvalue weighted by atomic mass is 16.5. The molecule has 2 fully saturated rings. The van der Waals surface area contributed by atoms with Crippen LogP contribution < -0.4 is 9.47 Å². The number of benzene rings is 3. The lowest BCUT2D eigenvalue weighted by molar-refractivity contribution is 0.0915. The van der Waals surface area contributed by atoms with Crippen molar-refractivity contribution in [3.63, 3.8) is 0 Å². The summed E-state index contributed by atoms with van der Waals surface area (Å²) in [6.45, 7) is 8.23. The predicted molar refractivity (Wildman–Crippen MR) is 156 cm³/mol. The van der Waals surface area contributed by atoms with Crippen LogP contribution in [0, 0.1) is 12.8 Å². The molecular weight excluding hydrogens is 484 g/mol. The third-order valence-electron chi connectivity index (χ3n) is 8.27. The van der Waals surface area contributed by atoms with Crippen LogP contribution in [0.1, 0.15) is 59.2 Å². The summed E-state index contributed by atoms with van der Waals surface area (Å²) in [6.07, 6.45) is 4.99. The lowest BCUT2D eigenvalue weighted by Crippen LogP contribution is -2.37. The first-order chi connectivity index (χ1) is 19.0. The third kappa shape index (κ3) is 7.93. The van der Waals surface area contributed by atoms with Gasteiger partial charge in [-0.25, -0.2) is 0 Å². The number of hydrogen-bond acceptors (Lipinski definition) is 5. The molecule has 0 atom stereocenters. The molecule has 2 heterocycles. The maximum atomic E-state index is 13.1. The lowest BCUT2D eigenvalue weighted by atomic mass is 9.89. The zero-order valence-corrected chi connectivity index (χ0v) is 23.5. The van der Waals surface area contributed by atoms with Crippen molar-refractivity contribution in [1.82, 2.24) is 9.80 Å². The minimum Gasteiger partial charge on any atom is -0.497 e. The standard InChI is InChI=1S/C34H42N2O3/c1-26-6-8-28(9-7-26)24-35-18-14-27(15-19-35)22-34(37)30-4-3-5-33(23-30)39-32-16-20-36(21-17-32)25-29-10-12-31(38-2)13-11-29/h3-13,23,27,32H,14-22,24-25H2,1-2H3. The van der Waals surface area contributed by atoms with E-state index in [9.17, 15) is 4.79 Å². The van der Waals surface area contributed by atoms with Crippen molar-refractivity contribution in [3.8, 4) is 11.5 Å². The molecule has 0 radical (unpaired) electrons. The molecule has 0 aromatic heterocycles. The number of aryl methyl sites for hydroxylation is 1. The van der Waals surface area contributed by atoms with E-state index in [1.54, 1.807) is 7.11 Å². The normalized spacial score (nSPS) is 17.7. The molecule has 0 saturated carbocycles. The van der Waals surface area contributed by atoms with E-state index >= 15 is 0 Å². The third-order valence-corrected chi connectivity index (χ3v) is 8.27. The Kier molecular flexibility index (Phi) is 9.33. The van der Waals surface area contributed by atoms with Gasteiger partial charge in [0, 0.05) is 38.2 Å². The van der Waals surface area contributed by atoms with Crippen molar-refractivity contribution in [2.24, 2.45) is 5.92 Å². The van der Waals surface area contributed by atoms with Crippen molar-refractivity contribution >= 4 is 5.78 Å². The van der Waals surface area contributed by atoms with Gasteiger partial charge in [-0.1, -0.05) is 54.1 Å². The SMILES string of the molecule is COc1ccc(CN2CCC(Oc3cccc(C(=O)CC4CCN(Cc5ccc(C)cc5)CC4)c3)CC2)cc1. The van der Waals surface area contributed by atoms with Gasteiger partial charge in [-0.2, -0.15) is 0 Å². The summed E-state index contributed by atoms with van der Waals surface area (Å²) >= 11 is 0. The minimum absolute atomic E-state index is 0.195. The molecule has 2 aliphatic heterocycles. The van der Waals surface area contributed by atoms with Crippen LogP contribution in [-0.4, -0.2) is 55.0 Å². The topological polar surface area (TPSA) is 42.0 Å². The molecule has 5 nitrogen and oxygen atoms in total. The smallest absolute Gasteiger partial charge is 0.163 e. The van der Waals surface area contributed by atoms with Gasteiger partial charge < -0.3 is 9.47 Å². The van der Waals surface area contributed by atoms with E-state index in [1.165, 1.54) is 16.7 Å². The first-order valence-electron chi connectivity index (χ1n) is 14.5. The van der Waals surface area contributed by atoms with Crippen LogP contribution >= 0.6 is 0 Å². The van der Waals surface area contributed by atoms with Gasteiger partial charge in [-0.3, -0.25) is 14.6 Å². The van der Waals surface area contributed by atoms with E-state index in [-0.39, 0.29) is 11.9 Å². The summed E-state index contributed by atoms with van der Waals surface area (Å²) in [5.74, 6) is 2.42. The quantitative estimate of drug-likeness (QED) is 0.281. The molecule has 39 heavy (non-hydrogen) atoms. The number of rotatable bonds is 10. The number of ether oxygens (including phenoxy) is 2. The maximum absolute atomic E-state index is 13.1. The highest BCUT2D eigenvalue weighted by molar-refractivity contribution is 5.96.